The molecule has 0 unspecified atom stereocenters. The molecule has 140 valence electrons. The lowest BCUT2D eigenvalue weighted by Crippen LogP contribution is -2.48. The molecule has 2 amide bonds. The van der Waals surface area contributed by atoms with Crippen LogP contribution in [0.5, 0.6) is 0 Å². The van der Waals surface area contributed by atoms with Gasteiger partial charge in [-0.1, -0.05) is 34.8 Å². The van der Waals surface area contributed by atoms with E-state index in [2.05, 4.69) is 16.2 Å². The Balaban J connectivity index is 1.97. The van der Waals surface area contributed by atoms with Gasteiger partial charge in [-0.15, -0.1) is 0 Å². The number of hydrazine groups is 1. The predicted octanol–water partition coefficient (Wildman–Crippen LogP) is 3.50. The van der Waals surface area contributed by atoms with Gasteiger partial charge in [0.15, 0.2) is 5.11 Å². The number of carbonyl (C=O) groups is 2. The highest BCUT2D eigenvalue weighted by molar-refractivity contribution is 7.80. The molecule has 0 aliphatic carbocycles. The predicted molar refractivity (Wildman–Crippen MR) is 105 cm³/mol. The number of nitro groups is 1. The minimum atomic E-state index is -0.731. The normalized spacial score (nSPS) is 10.0. The average molecular weight is 448 g/mol. The average Bonchev–Trinajstić information content (AvgIpc) is 2.59. The first-order valence-corrected chi connectivity index (χ1v) is 8.54. The molecule has 2 aromatic carbocycles. The van der Waals surface area contributed by atoms with Crippen LogP contribution in [0.1, 0.15) is 20.7 Å². The molecule has 0 fully saturated rings. The van der Waals surface area contributed by atoms with E-state index < -0.39 is 22.4 Å². The maximum atomic E-state index is 12.1. The van der Waals surface area contributed by atoms with Crippen molar-refractivity contribution in [1.29, 1.82) is 0 Å². The van der Waals surface area contributed by atoms with E-state index in [0.717, 1.165) is 6.07 Å². The molecule has 0 radical (unpaired) electrons. The van der Waals surface area contributed by atoms with E-state index in [9.17, 15) is 19.7 Å². The third kappa shape index (κ3) is 5.51. The molecule has 27 heavy (non-hydrogen) atoms. The first-order chi connectivity index (χ1) is 12.7. The van der Waals surface area contributed by atoms with Crippen LogP contribution in [0.15, 0.2) is 36.4 Å². The van der Waals surface area contributed by atoms with E-state index in [4.69, 9.17) is 47.0 Å². The number of nitro benzene ring substituents is 1. The van der Waals surface area contributed by atoms with Gasteiger partial charge in [-0.05, 0) is 42.5 Å². The number of hydrogen-bond acceptors (Lipinski definition) is 5. The highest BCUT2D eigenvalue weighted by atomic mass is 35.5. The van der Waals surface area contributed by atoms with Gasteiger partial charge in [0.05, 0.1) is 15.5 Å². The summed E-state index contributed by atoms with van der Waals surface area (Å²) in [6.45, 7) is 0. The number of halogens is 3. The monoisotopic (exact) mass is 446 g/mol. The number of nitrogens with one attached hydrogen (secondary N) is 3. The zero-order valence-electron chi connectivity index (χ0n) is 13.1. The lowest BCUT2D eigenvalue weighted by atomic mass is 10.2. The first kappa shape index (κ1) is 20.8. The number of rotatable bonds is 3. The van der Waals surface area contributed by atoms with Crippen molar-refractivity contribution >= 4 is 69.6 Å². The van der Waals surface area contributed by atoms with Crippen LogP contribution >= 0.6 is 47.0 Å². The fourth-order valence-corrected chi connectivity index (χ4v) is 2.68. The Morgan fingerprint density at radius 2 is 1.67 bits per heavy atom. The topological polar surface area (TPSA) is 113 Å². The van der Waals surface area contributed by atoms with Crippen LogP contribution in [0.4, 0.5) is 5.69 Å². The smallest absolute Gasteiger partial charge is 0.288 e. The van der Waals surface area contributed by atoms with E-state index >= 15 is 0 Å². The summed E-state index contributed by atoms with van der Waals surface area (Å²) in [7, 11) is 0. The lowest BCUT2D eigenvalue weighted by Gasteiger charge is -2.11. The Morgan fingerprint density at radius 1 is 0.963 bits per heavy atom. The van der Waals surface area contributed by atoms with Gasteiger partial charge in [0, 0.05) is 16.7 Å². The van der Waals surface area contributed by atoms with E-state index in [1.54, 1.807) is 0 Å². The third-order valence-corrected chi connectivity index (χ3v) is 4.17. The summed E-state index contributed by atoms with van der Waals surface area (Å²) in [6, 6.07) is 7.80. The molecule has 8 nitrogen and oxygen atoms in total. The minimum Gasteiger partial charge on any atom is -0.298 e. The summed E-state index contributed by atoms with van der Waals surface area (Å²) in [4.78, 5) is 34.3. The Morgan fingerprint density at radius 3 is 2.30 bits per heavy atom. The van der Waals surface area contributed by atoms with Gasteiger partial charge in [-0.2, -0.15) is 0 Å². The fraction of sp³-hybridized carbons (Fsp3) is 0. The highest BCUT2D eigenvalue weighted by Gasteiger charge is 2.17. The molecule has 0 aliphatic heterocycles. The zero-order valence-corrected chi connectivity index (χ0v) is 16.2. The van der Waals surface area contributed by atoms with Crippen molar-refractivity contribution in [2.75, 3.05) is 0 Å². The van der Waals surface area contributed by atoms with Crippen molar-refractivity contribution in [3.8, 4) is 0 Å². The Bertz CT molecular complexity index is 955. The number of nitrogens with zero attached hydrogens (tertiary/aromatic N) is 1. The van der Waals surface area contributed by atoms with Crippen LogP contribution in [0, 0.1) is 10.1 Å². The second kappa shape index (κ2) is 8.96. The van der Waals surface area contributed by atoms with Crippen molar-refractivity contribution in [3.63, 3.8) is 0 Å². The van der Waals surface area contributed by atoms with Gasteiger partial charge in [0.2, 0.25) is 0 Å². The molecular weight excluding hydrogens is 439 g/mol. The molecule has 2 aromatic rings. The van der Waals surface area contributed by atoms with Crippen molar-refractivity contribution in [2.24, 2.45) is 0 Å². The second-order valence-corrected chi connectivity index (χ2v) is 6.57. The van der Waals surface area contributed by atoms with Crippen LogP contribution in [0.2, 0.25) is 15.1 Å². The molecular formula is C15H9Cl3N4O4S. The number of carbonyl (C=O) groups excluding carboxylic acids is 2. The molecule has 3 N–H and O–H groups in total. The Labute approximate surface area is 172 Å². The summed E-state index contributed by atoms with van der Waals surface area (Å²) in [5.74, 6) is -1.35. The van der Waals surface area contributed by atoms with Crippen molar-refractivity contribution in [1.82, 2.24) is 16.2 Å². The van der Waals surface area contributed by atoms with E-state index in [1.165, 1.54) is 30.3 Å². The number of hydrogen-bond donors (Lipinski definition) is 3. The van der Waals surface area contributed by atoms with Gasteiger partial charge in [-0.3, -0.25) is 35.9 Å². The summed E-state index contributed by atoms with van der Waals surface area (Å²) in [5, 5.41) is 13.3. The molecule has 0 bridgehead atoms. The Hall–Kier alpha value is -2.46. The standard InChI is InChI=1S/C15H9Cl3N4O4S/c16-8-2-3-9(11(18)6-8)14(24)20-21-15(27)19-13(23)7-1-4-10(17)12(5-7)22(25)26/h1-6H,(H,20,24)(H2,19,21,23,27). The molecule has 0 saturated carbocycles. The fourth-order valence-electron chi connectivity index (χ4n) is 1.85. The molecule has 2 rings (SSSR count). The lowest BCUT2D eigenvalue weighted by molar-refractivity contribution is -0.384. The first-order valence-electron chi connectivity index (χ1n) is 6.99. The van der Waals surface area contributed by atoms with Gasteiger partial charge in [0.25, 0.3) is 17.5 Å². The molecule has 0 aromatic heterocycles. The maximum Gasteiger partial charge on any atom is 0.288 e. The van der Waals surface area contributed by atoms with Crippen LogP contribution in [0.3, 0.4) is 0 Å². The summed E-state index contributed by atoms with van der Waals surface area (Å²) in [5.41, 5.74) is 4.25. The van der Waals surface area contributed by atoms with E-state index in [0.29, 0.717) is 5.02 Å². The summed E-state index contributed by atoms with van der Waals surface area (Å²) >= 11 is 22.2. The van der Waals surface area contributed by atoms with Crippen LogP contribution in [0.25, 0.3) is 0 Å². The van der Waals surface area contributed by atoms with Gasteiger partial charge < -0.3 is 0 Å². The second-order valence-electron chi connectivity index (χ2n) is 4.91. The van der Waals surface area contributed by atoms with Gasteiger partial charge in [-0.25, -0.2) is 0 Å². The van der Waals surface area contributed by atoms with Gasteiger partial charge in [0.1, 0.15) is 5.02 Å². The SMILES string of the molecule is O=C(NC(=S)NNC(=O)c1ccc(Cl)cc1Cl)c1ccc(Cl)c([N+](=O)[O-])c1. The van der Waals surface area contributed by atoms with Crippen molar-refractivity contribution < 1.29 is 14.5 Å². The van der Waals surface area contributed by atoms with Crippen LogP contribution in [-0.2, 0) is 0 Å². The molecule has 0 aliphatic rings. The van der Waals surface area contributed by atoms with E-state index in [-0.39, 0.29) is 26.3 Å². The van der Waals surface area contributed by atoms with Crippen molar-refractivity contribution in [3.05, 3.63) is 72.7 Å². The third-order valence-electron chi connectivity index (χ3n) is 3.10. The zero-order chi connectivity index (χ0) is 20.1. The number of benzene rings is 2. The highest BCUT2D eigenvalue weighted by Crippen LogP contribution is 2.25. The molecule has 0 spiro atoms. The summed E-state index contributed by atoms with van der Waals surface area (Å²) < 4.78 is 0. The Kier molecular flexibility index (Phi) is 6.92. The maximum absolute atomic E-state index is 12.1. The summed E-state index contributed by atoms with van der Waals surface area (Å²) in [6.07, 6.45) is 0. The largest absolute Gasteiger partial charge is 0.298 e. The van der Waals surface area contributed by atoms with Gasteiger partial charge >= 0.3 is 0 Å². The molecule has 0 saturated heterocycles. The molecule has 12 heteroatoms. The van der Waals surface area contributed by atoms with E-state index in [1.807, 2.05) is 0 Å². The van der Waals surface area contributed by atoms with Crippen molar-refractivity contribution in [2.45, 2.75) is 0 Å². The minimum absolute atomic E-state index is 0.0395. The number of amides is 2. The quantitative estimate of drug-likeness (QED) is 0.377. The molecule has 0 heterocycles. The van der Waals surface area contributed by atoms with Crippen LogP contribution < -0.4 is 16.2 Å². The van der Waals surface area contributed by atoms with Crippen LogP contribution in [-0.4, -0.2) is 21.9 Å². The number of thiocarbonyl (C=S) groups is 1. The molecule has 0 atom stereocenters.